The van der Waals surface area contributed by atoms with Crippen LogP contribution in [0.5, 0.6) is 5.75 Å². The van der Waals surface area contributed by atoms with Crippen LogP contribution in [0.2, 0.25) is 0 Å². The average Bonchev–Trinajstić information content (AvgIpc) is 3.58. The highest BCUT2D eigenvalue weighted by Crippen LogP contribution is 2.47. The number of hydrogen-bond donors (Lipinski definition) is 2. The zero-order valence-corrected chi connectivity index (χ0v) is 24.0. The van der Waals surface area contributed by atoms with E-state index in [4.69, 9.17) is 9.84 Å². The topological polar surface area (TPSA) is 79.7 Å². The molecule has 1 saturated carbocycles. The van der Waals surface area contributed by atoms with E-state index in [1.807, 2.05) is 36.5 Å². The first kappa shape index (κ1) is 28.3. The number of carboxylic acids is 1. The Morgan fingerprint density at radius 1 is 1.15 bits per heavy atom. The summed E-state index contributed by atoms with van der Waals surface area (Å²) in [4.78, 5) is 15.7. The van der Waals surface area contributed by atoms with Crippen LogP contribution in [-0.4, -0.2) is 33.4 Å². The SMILES string of the molecule is Cc1cc(OCCC(C)(C)O)cc(C)c1-c1ccc(F)c2c1CC[C@H]2CCCc1ccc([C@H]2C[C@@H]2C(=O)O)cn1. The number of aromatic nitrogens is 1. The van der Waals surface area contributed by atoms with Gasteiger partial charge >= 0.3 is 5.97 Å². The average molecular weight is 546 g/mol. The molecule has 40 heavy (non-hydrogen) atoms. The Labute approximate surface area is 236 Å². The number of halogens is 1. The van der Waals surface area contributed by atoms with Gasteiger partial charge in [0.05, 0.1) is 18.1 Å². The van der Waals surface area contributed by atoms with Crippen molar-refractivity contribution in [3.8, 4) is 16.9 Å². The molecule has 6 heteroatoms. The van der Waals surface area contributed by atoms with Gasteiger partial charge in [-0.3, -0.25) is 9.78 Å². The molecular formula is C34H40FNO4. The molecule has 2 aliphatic carbocycles. The fourth-order valence-electron chi connectivity index (χ4n) is 6.35. The predicted molar refractivity (Wildman–Crippen MR) is 154 cm³/mol. The number of hydrogen-bond acceptors (Lipinski definition) is 4. The van der Waals surface area contributed by atoms with Crippen LogP contribution in [-0.2, 0) is 17.6 Å². The van der Waals surface area contributed by atoms with E-state index < -0.39 is 11.6 Å². The molecule has 3 aromatic rings. The fourth-order valence-corrected chi connectivity index (χ4v) is 6.35. The number of carbonyl (C=O) groups is 1. The van der Waals surface area contributed by atoms with Crippen molar-refractivity contribution in [3.05, 3.63) is 81.9 Å². The third-order valence-corrected chi connectivity index (χ3v) is 8.58. The lowest BCUT2D eigenvalue weighted by molar-refractivity contribution is -0.138. The number of pyridine rings is 1. The molecule has 0 amide bonds. The molecular weight excluding hydrogens is 505 g/mol. The minimum atomic E-state index is -0.764. The molecule has 0 saturated heterocycles. The van der Waals surface area contributed by atoms with Crippen molar-refractivity contribution in [2.75, 3.05) is 6.61 Å². The van der Waals surface area contributed by atoms with Crippen molar-refractivity contribution >= 4 is 5.97 Å². The summed E-state index contributed by atoms with van der Waals surface area (Å²) in [6.07, 6.45) is 7.56. The lowest BCUT2D eigenvalue weighted by Crippen LogP contribution is -2.21. The number of benzene rings is 2. The van der Waals surface area contributed by atoms with Gasteiger partial charge in [-0.1, -0.05) is 12.1 Å². The Morgan fingerprint density at radius 2 is 1.90 bits per heavy atom. The molecule has 1 heterocycles. The molecule has 0 radical (unpaired) electrons. The molecule has 1 aromatic heterocycles. The molecule has 5 nitrogen and oxygen atoms in total. The summed E-state index contributed by atoms with van der Waals surface area (Å²) in [7, 11) is 0. The van der Waals surface area contributed by atoms with E-state index in [0.29, 0.717) is 19.4 Å². The number of carboxylic acid groups (broad SMARTS) is 1. The number of aliphatic hydroxyl groups is 1. The van der Waals surface area contributed by atoms with E-state index in [2.05, 4.69) is 18.8 Å². The summed E-state index contributed by atoms with van der Waals surface area (Å²) in [6, 6.07) is 11.7. The van der Waals surface area contributed by atoms with Gasteiger partial charge in [-0.2, -0.15) is 0 Å². The van der Waals surface area contributed by atoms with Gasteiger partial charge < -0.3 is 14.9 Å². The van der Waals surface area contributed by atoms with Gasteiger partial charge in [0.15, 0.2) is 0 Å². The van der Waals surface area contributed by atoms with Crippen molar-refractivity contribution in [2.24, 2.45) is 5.92 Å². The zero-order chi connectivity index (χ0) is 28.6. The highest BCUT2D eigenvalue weighted by molar-refractivity contribution is 5.77. The largest absolute Gasteiger partial charge is 0.493 e. The Bertz CT molecular complexity index is 1370. The van der Waals surface area contributed by atoms with Gasteiger partial charge in [-0.05, 0) is 141 Å². The van der Waals surface area contributed by atoms with Gasteiger partial charge in [-0.15, -0.1) is 0 Å². The molecule has 1 fully saturated rings. The highest BCUT2D eigenvalue weighted by atomic mass is 19.1. The van der Waals surface area contributed by atoms with Crippen molar-refractivity contribution in [3.63, 3.8) is 0 Å². The maximum atomic E-state index is 15.2. The van der Waals surface area contributed by atoms with E-state index in [1.165, 1.54) is 0 Å². The Morgan fingerprint density at radius 3 is 2.52 bits per heavy atom. The van der Waals surface area contributed by atoms with Crippen LogP contribution in [0.1, 0.15) is 91.3 Å². The lowest BCUT2D eigenvalue weighted by Gasteiger charge is -2.20. The van der Waals surface area contributed by atoms with E-state index in [0.717, 1.165) is 82.5 Å². The molecule has 3 atom stereocenters. The second-order valence-corrected chi connectivity index (χ2v) is 12.3. The molecule has 0 spiro atoms. The van der Waals surface area contributed by atoms with Crippen LogP contribution >= 0.6 is 0 Å². The summed E-state index contributed by atoms with van der Waals surface area (Å²) in [5, 5.41) is 19.1. The molecule has 0 bridgehead atoms. The number of nitrogens with zero attached hydrogens (tertiary/aromatic N) is 1. The summed E-state index contributed by atoms with van der Waals surface area (Å²) in [5.41, 5.74) is 7.72. The lowest BCUT2D eigenvalue weighted by atomic mass is 9.88. The number of rotatable bonds is 11. The third kappa shape index (κ3) is 6.22. The van der Waals surface area contributed by atoms with Crippen molar-refractivity contribution < 1.29 is 24.1 Å². The van der Waals surface area contributed by atoms with Gasteiger partial charge in [0.25, 0.3) is 0 Å². The first-order valence-electron chi connectivity index (χ1n) is 14.5. The van der Waals surface area contributed by atoms with E-state index in [9.17, 15) is 9.90 Å². The molecule has 5 rings (SSSR count). The van der Waals surface area contributed by atoms with Crippen LogP contribution in [0.25, 0.3) is 11.1 Å². The maximum Gasteiger partial charge on any atom is 0.307 e. The fraction of sp³-hybridized carbons (Fsp3) is 0.471. The van der Waals surface area contributed by atoms with E-state index >= 15 is 4.39 Å². The molecule has 2 aliphatic rings. The molecule has 2 N–H and O–H groups in total. The Kier molecular flexibility index (Phi) is 8.01. The van der Waals surface area contributed by atoms with Crippen LogP contribution in [0.15, 0.2) is 42.6 Å². The summed E-state index contributed by atoms with van der Waals surface area (Å²) >= 11 is 0. The summed E-state index contributed by atoms with van der Waals surface area (Å²) < 4.78 is 21.1. The van der Waals surface area contributed by atoms with Gasteiger partial charge in [0, 0.05) is 18.3 Å². The molecule has 2 aromatic carbocycles. The standard InChI is InChI=1S/C34H40FNO4/c1-20-16-25(40-15-14-34(3,4)39)17-21(2)31(20)26-12-13-30(35)32-22(9-11-27(26)32)6-5-7-24-10-8-23(19-36-24)28-18-29(28)33(37)38/h8,10,12-13,16-17,19,22,28-29,39H,5-7,9,11,14-15,18H2,1-4H3,(H,37,38)/t22-,28-,29+/m1/s1. The zero-order valence-electron chi connectivity index (χ0n) is 24.0. The second kappa shape index (κ2) is 11.3. The monoisotopic (exact) mass is 545 g/mol. The predicted octanol–water partition coefficient (Wildman–Crippen LogP) is 7.29. The van der Waals surface area contributed by atoms with Crippen molar-refractivity contribution in [2.45, 2.75) is 90.1 Å². The number of fused-ring (bicyclic) bond motifs is 1. The minimum Gasteiger partial charge on any atom is -0.493 e. The van der Waals surface area contributed by atoms with E-state index in [1.54, 1.807) is 19.9 Å². The van der Waals surface area contributed by atoms with Crippen LogP contribution in [0.4, 0.5) is 4.39 Å². The number of aryl methyl sites for hydroxylation is 3. The molecule has 0 aliphatic heterocycles. The van der Waals surface area contributed by atoms with E-state index in [-0.39, 0.29) is 23.6 Å². The number of ether oxygens (including phenoxy) is 1. The van der Waals surface area contributed by atoms with Crippen LogP contribution in [0.3, 0.4) is 0 Å². The number of aliphatic carboxylic acids is 1. The van der Waals surface area contributed by atoms with Gasteiger partial charge in [-0.25, -0.2) is 4.39 Å². The van der Waals surface area contributed by atoms with Gasteiger partial charge in [0.2, 0.25) is 0 Å². The first-order chi connectivity index (χ1) is 19.0. The smallest absolute Gasteiger partial charge is 0.307 e. The minimum absolute atomic E-state index is 0.0980. The first-order valence-corrected chi connectivity index (χ1v) is 14.5. The third-order valence-electron chi connectivity index (χ3n) is 8.58. The normalized spacial score (nSPS) is 19.9. The summed E-state index contributed by atoms with van der Waals surface area (Å²) in [5.74, 6) is -0.0135. The van der Waals surface area contributed by atoms with Crippen molar-refractivity contribution in [1.29, 1.82) is 0 Å². The van der Waals surface area contributed by atoms with Crippen molar-refractivity contribution in [1.82, 2.24) is 4.98 Å². The Balaban J connectivity index is 1.25. The molecule has 212 valence electrons. The quantitative estimate of drug-likeness (QED) is 0.265. The Hall–Kier alpha value is -3.25. The summed E-state index contributed by atoms with van der Waals surface area (Å²) in [6.45, 7) is 8.16. The highest BCUT2D eigenvalue weighted by Gasteiger charge is 2.44. The molecule has 0 unspecified atom stereocenters. The van der Waals surface area contributed by atoms with Crippen LogP contribution in [0, 0.1) is 25.6 Å². The van der Waals surface area contributed by atoms with Crippen LogP contribution < -0.4 is 4.74 Å². The maximum absolute atomic E-state index is 15.2. The van der Waals surface area contributed by atoms with Gasteiger partial charge in [0.1, 0.15) is 11.6 Å². The second-order valence-electron chi connectivity index (χ2n) is 12.3.